The number of carbonyl (C=O) groups excluding carboxylic acids is 1. The van der Waals surface area contributed by atoms with Crippen molar-refractivity contribution in [2.24, 2.45) is 0 Å². The van der Waals surface area contributed by atoms with Crippen LogP contribution in [0.4, 0.5) is 0 Å². The van der Waals surface area contributed by atoms with Crippen molar-refractivity contribution in [2.75, 3.05) is 19.5 Å². The highest BCUT2D eigenvalue weighted by molar-refractivity contribution is 9.10. The van der Waals surface area contributed by atoms with Gasteiger partial charge in [0.1, 0.15) is 0 Å². The van der Waals surface area contributed by atoms with Crippen LogP contribution in [0.3, 0.4) is 0 Å². The van der Waals surface area contributed by atoms with E-state index in [1.165, 1.54) is 11.8 Å². The van der Waals surface area contributed by atoms with E-state index in [1.807, 2.05) is 49.4 Å². The van der Waals surface area contributed by atoms with Gasteiger partial charge in [-0.05, 0) is 30.7 Å². The van der Waals surface area contributed by atoms with Crippen molar-refractivity contribution in [3.63, 3.8) is 0 Å². The van der Waals surface area contributed by atoms with Gasteiger partial charge in [-0.3, -0.25) is 14.2 Å². The number of benzene rings is 2. The minimum Gasteiger partial charge on any atom is -0.383 e. The van der Waals surface area contributed by atoms with Gasteiger partial charge in [0, 0.05) is 23.8 Å². The molecule has 0 spiro atoms. The van der Waals surface area contributed by atoms with Crippen LogP contribution in [0, 0.1) is 0 Å². The van der Waals surface area contributed by atoms with E-state index in [0.717, 1.165) is 10.0 Å². The van der Waals surface area contributed by atoms with Gasteiger partial charge in [-0.25, -0.2) is 4.98 Å². The standard InChI is InChI=1S/C22H24BrN3O3S/c1-15(16-6-4-3-5-7-16)24-20(27)10-13-30-22-25-19-9-8-17(23)14-18(19)21(28)26(22)11-12-29-2/h3-9,14-15H,10-13H2,1-2H3,(H,24,27)/t15-/m0/s1. The summed E-state index contributed by atoms with van der Waals surface area (Å²) in [7, 11) is 1.60. The third-order valence-corrected chi connectivity index (χ3v) is 6.11. The summed E-state index contributed by atoms with van der Waals surface area (Å²) in [6, 6.07) is 15.3. The van der Waals surface area contributed by atoms with Crippen molar-refractivity contribution in [3.05, 3.63) is 68.9 Å². The number of amides is 1. The molecular weight excluding hydrogens is 466 g/mol. The molecule has 2 aromatic carbocycles. The van der Waals surface area contributed by atoms with Gasteiger partial charge in [0.25, 0.3) is 5.56 Å². The highest BCUT2D eigenvalue weighted by atomic mass is 79.9. The third kappa shape index (κ3) is 5.71. The van der Waals surface area contributed by atoms with E-state index in [2.05, 4.69) is 26.2 Å². The highest BCUT2D eigenvalue weighted by Gasteiger charge is 2.14. The summed E-state index contributed by atoms with van der Waals surface area (Å²) >= 11 is 4.81. The molecule has 0 unspecified atom stereocenters. The first kappa shape index (κ1) is 22.5. The lowest BCUT2D eigenvalue weighted by atomic mass is 10.1. The maximum absolute atomic E-state index is 13.0. The van der Waals surface area contributed by atoms with E-state index in [4.69, 9.17) is 4.74 Å². The number of halogens is 1. The third-order valence-electron chi connectivity index (χ3n) is 4.64. The number of ether oxygens (including phenoxy) is 1. The normalized spacial score (nSPS) is 12.1. The molecule has 6 nitrogen and oxygen atoms in total. The number of thioether (sulfide) groups is 1. The number of nitrogens with zero attached hydrogens (tertiary/aromatic N) is 2. The van der Waals surface area contributed by atoms with E-state index >= 15 is 0 Å². The first-order valence-electron chi connectivity index (χ1n) is 9.65. The summed E-state index contributed by atoms with van der Waals surface area (Å²) in [4.78, 5) is 30.0. The number of nitrogens with one attached hydrogen (secondary N) is 1. The Morgan fingerprint density at radius 1 is 1.27 bits per heavy atom. The van der Waals surface area contributed by atoms with Gasteiger partial charge >= 0.3 is 0 Å². The fraction of sp³-hybridized carbons (Fsp3) is 0.318. The topological polar surface area (TPSA) is 73.2 Å². The molecular formula is C22H24BrN3O3S. The number of fused-ring (bicyclic) bond motifs is 1. The lowest BCUT2D eigenvalue weighted by Crippen LogP contribution is -2.27. The van der Waals surface area contributed by atoms with Gasteiger partial charge in [0.2, 0.25) is 5.91 Å². The molecule has 1 heterocycles. The Morgan fingerprint density at radius 3 is 2.77 bits per heavy atom. The zero-order chi connectivity index (χ0) is 21.5. The van der Waals surface area contributed by atoms with Crippen LogP contribution in [0.5, 0.6) is 0 Å². The fourth-order valence-electron chi connectivity index (χ4n) is 3.04. The SMILES string of the molecule is COCCn1c(SCCC(=O)N[C@@H](C)c2ccccc2)nc2ccc(Br)cc2c1=O. The van der Waals surface area contributed by atoms with Crippen LogP contribution in [-0.4, -0.2) is 34.9 Å². The van der Waals surface area contributed by atoms with Crippen LogP contribution in [0.15, 0.2) is 63.0 Å². The minimum absolute atomic E-state index is 0.0330. The van der Waals surface area contributed by atoms with Crippen LogP contribution in [0.25, 0.3) is 10.9 Å². The van der Waals surface area contributed by atoms with E-state index in [9.17, 15) is 9.59 Å². The van der Waals surface area contributed by atoms with Gasteiger partial charge < -0.3 is 10.1 Å². The maximum Gasteiger partial charge on any atom is 0.262 e. The molecule has 0 saturated carbocycles. The summed E-state index contributed by atoms with van der Waals surface area (Å²) < 4.78 is 7.60. The van der Waals surface area contributed by atoms with Gasteiger partial charge in [0.15, 0.2) is 5.16 Å². The van der Waals surface area contributed by atoms with E-state index in [-0.39, 0.29) is 17.5 Å². The Hall–Kier alpha value is -2.16. The molecule has 0 aliphatic rings. The first-order chi connectivity index (χ1) is 14.5. The molecule has 8 heteroatoms. The summed E-state index contributed by atoms with van der Waals surface area (Å²) in [6.07, 6.45) is 0.334. The highest BCUT2D eigenvalue weighted by Crippen LogP contribution is 2.21. The Morgan fingerprint density at radius 2 is 2.03 bits per heavy atom. The summed E-state index contributed by atoms with van der Waals surface area (Å²) in [6.45, 7) is 2.78. The number of rotatable bonds is 9. The van der Waals surface area contributed by atoms with Crippen molar-refractivity contribution >= 4 is 44.5 Å². The van der Waals surface area contributed by atoms with Crippen LogP contribution < -0.4 is 10.9 Å². The average molecular weight is 490 g/mol. The summed E-state index contributed by atoms with van der Waals surface area (Å²) in [5.41, 5.74) is 1.60. The first-order valence-corrected chi connectivity index (χ1v) is 11.4. The fourth-order valence-corrected chi connectivity index (χ4v) is 4.36. The number of hydrogen-bond acceptors (Lipinski definition) is 5. The molecule has 1 N–H and O–H groups in total. The van der Waals surface area contributed by atoms with Crippen molar-refractivity contribution in [2.45, 2.75) is 31.1 Å². The van der Waals surface area contributed by atoms with Crippen LogP contribution in [-0.2, 0) is 16.1 Å². The Bertz CT molecular complexity index is 1070. The summed E-state index contributed by atoms with van der Waals surface area (Å²) in [5.74, 6) is 0.490. The van der Waals surface area contributed by atoms with Gasteiger partial charge in [-0.2, -0.15) is 0 Å². The van der Waals surface area contributed by atoms with Crippen molar-refractivity contribution in [1.29, 1.82) is 0 Å². The number of hydrogen-bond donors (Lipinski definition) is 1. The predicted octanol–water partition coefficient (Wildman–Crippen LogP) is 4.17. The van der Waals surface area contributed by atoms with Crippen LogP contribution >= 0.6 is 27.7 Å². The Labute approximate surface area is 188 Å². The van der Waals surface area contributed by atoms with Crippen molar-refractivity contribution in [1.82, 2.24) is 14.9 Å². The van der Waals surface area contributed by atoms with E-state index in [1.54, 1.807) is 17.7 Å². The Balaban J connectivity index is 1.69. The van der Waals surface area contributed by atoms with Gasteiger partial charge in [-0.1, -0.05) is 58.0 Å². The molecule has 0 radical (unpaired) electrons. The summed E-state index contributed by atoms with van der Waals surface area (Å²) in [5, 5.41) is 4.16. The lowest BCUT2D eigenvalue weighted by molar-refractivity contribution is -0.121. The molecule has 0 aliphatic heterocycles. The monoisotopic (exact) mass is 489 g/mol. The molecule has 3 aromatic rings. The second-order valence-electron chi connectivity index (χ2n) is 6.80. The molecule has 1 atom stereocenters. The maximum atomic E-state index is 13.0. The Kier molecular flexibility index (Phi) is 8.07. The predicted molar refractivity (Wildman–Crippen MR) is 124 cm³/mol. The van der Waals surface area contributed by atoms with E-state index < -0.39 is 0 Å². The van der Waals surface area contributed by atoms with Crippen LogP contribution in [0.2, 0.25) is 0 Å². The molecule has 158 valence electrons. The average Bonchev–Trinajstić information content (AvgIpc) is 2.74. The quantitative estimate of drug-likeness (QED) is 0.360. The van der Waals surface area contributed by atoms with Gasteiger partial charge in [-0.15, -0.1) is 0 Å². The van der Waals surface area contributed by atoms with E-state index in [0.29, 0.717) is 41.4 Å². The van der Waals surface area contributed by atoms with Crippen LogP contribution in [0.1, 0.15) is 24.9 Å². The molecule has 3 rings (SSSR count). The molecule has 30 heavy (non-hydrogen) atoms. The molecule has 0 aliphatic carbocycles. The second kappa shape index (κ2) is 10.7. The zero-order valence-corrected chi connectivity index (χ0v) is 19.3. The lowest BCUT2D eigenvalue weighted by Gasteiger charge is -2.15. The number of aromatic nitrogens is 2. The molecule has 0 saturated heterocycles. The largest absolute Gasteiger partial charge is 0.383 e. The van der Waals surface area contributed by atoms with Gasteiger partial charge in [0.05, 0.1) is 30.1 Å². The van der Waals surface area contributed by atoms with Crippen molar-refractivity contribution in [3.8, 4) is 0 Å². The molecule has 0 fully saturated rings. The zero-order valence-electron chi connectivity index (χ0n) is 16.9. The van der Waals surface area contributed by atoms with Crippen molar-refractivity contribution < 1.29 is 9.53 Å². The molecule has 1 amide bonds. The number of methoxy groups -OCH3 is 1. The smallest absolute Gasteiger partial charge is 0.262 e. The second-order valence-corrected chi connectivity index (χ2v) is 8.78. The molecule has 1 aromatic heterocycles. The molecule has 0 bridgehead atoms. The minimum atomic E-state index is -0.108. The number of carbonyl (C=O) groups is 1.